The number of fused-ring (bicyclic) bond motifs is 4. The van der Waals surface area contributed by atoms with Gasteiger partial charge in [-0.05, 0) is 63.0 Å². The zero-order valence-corrected chi connectivity index (χ0v) is 21.8. The topological polar surface area (TPSA) is 101 Å². The largest absolute Gasteiger partial charge is 0.464 e. The van der Waals surface area contributed by atoms with E-state index < -0.39 is 28.4 Å². The number of Topliss-reactive ketones (excluding diaryl/α,β-unsaturated/α-hetero) is 1. The van der Waals surface area contributed by atoms with Crippen LogP contribution in [-0.2, 0) is 38.1 Å². The molecule has 2 spiro atoms. The molecule has 2 saturated carbocycles. The minimum Gasteiger partial charge on any atom is -0.464 e. The van der Waals surface area contributed by atoms with Gasteiger partial charge in [0.05, 0.1) is 18.3 Å². The summed E-state index contributed by atoms with van der Waals surface area (Å²) in [4.78, 5) is 36.7. The van der Waals surface area contributed by atoms with E-state index in [0.29, 0.717) is 18.9 Å². The summed E-state index contributed by atoms with van der Waals surface area (Å²) in [6.45, 7) is 9.72. The van der Waals surface area contributed by atoms with Crippen LogP contribution in [0.2, 0.25) is 0 Å². The first-order valence-corrected chi connectivity index (χ1v) is 13.2. The molecule has 0 aromatic heterocycles. The van der Waals surface area contributed by atoms with Crippen molar-refractivity contribution >= 4 is 17.7 Å². The third-order valence-corrected chi connectivity index (χ3v) is 10.3. The molecule has 2 aliphatic heterocycles. The minimum atomic E-state index is -0.917. The minimum absolute atomic E-state index is 0.00621. The van der Waals surface area contributed by atoms with E-state index in [1.54, 1.807) is 6.08 Å². The summed E-state index contributed by atoms with van der Waals surface area (Å²) in [7, 11) is 0. The number of carbonyl (C=O) groups excluding carboxylic acids is 3. The molecule has 6 rings (SSSR count). The SMILES string of the molecule is CC(=O)OC1=CC2=CC[C@H]3[C@@H]4CC[C@]5(CCOC(=O)COC(C)(C)O5)[C@@]4(C)C[C@@H]4O[C@@]43[C@@]2(C)CC1=O. The van der Waals surface area contributed by atoms with Gasteiger partial charge in [0.15, 0.2) is 17.3 Å². The molecule has 8 nitrogen and oxygen atoms in total. The van der Waals surface area contributed by atoms with Crippen molar-refractivity contribution in [1.82, 2.24) is 0 Å². The molecule has 0 amide bonds. The second kappa shape index (κ2) is 7.51. The van der Waals surface area contributed by atoms with Crippen LogP contribution in [0.5, 0.6) is 0 Å². The zero-order valence-electron chi connectivity index (χ0n) is 21.8. The Morgan fingerprint density at radius 3 is 2.64 bits per heavy atom. The van der Waals surface area contributed by atoms with Crippen LogP contribution < -0.4 is 0 Å². The molecule has 0 radical (unpaired) electrons. The van der Waals surface area contributed by atoms with Gasteiger partial charge < -0.3 is 23.7 Å². The Hall–Kier alpha value is -2.03. The summed E-state index contributed by atoms with van der Waals surface area (Å²) < 4.78 is 30.1. The molecule has 196 valence electrons. The highest BCUT2D eigenvalue weighted by atomic mass is 16.7. The third kappa shape index (κ3) is 3.13. The Morgan fingerprint density at radius 1 is 1.11 bits per heavy atom. The summed E-state index contributed by atoms with van der Waals surface area (Å²) in [6, 6.07) is 0. The van der Waals surface area contributed by atoms with Gasteiger partial charge in [-0.25, -0.2) is 4.79 Å². The lowest BCUT2D eigenvalue weighted by Gasteiger charge is -2.57. The Kier molecular flexibility index (Phi) is 5.07. The number of hydrogen-bond donors (Lipinski definition) is 0. The number of carbonyl (C=O) groups is 3. The zero-order chi connectivity index (χ0) is 25.7. The van der Waals surface area contributed by atoms with Crippen molar-refractivity contribution < 1.29 is 38.1 Å². The maximum atomic E-state index is 13.1. The summed E-state index contributed by atoms with van der Waals surface area (Å²) in [5.41, 5.74) is -0.528. The highest BCUT2D eigenvalue weighted by Crippen LogP contribution is 2.76. The molecule has 36 heavy (non-hydrogen) atoms. The number of hydrogen-bond acceptors (Lipinski definition) is 8. The van der Waals surface area contributed by atoms with Gasteiger partial charge in [-0.1, -0.05) is 19.9 Å². The van der Waals surface area contributed by atoms with E-state index in [9.17, 15) is 14.4 Å². The van der Waals surface area contributed by atoms with Crippen LogP contribution in [0.25, 0.3) is 0 Å². The fourth-order valence-corrected chi connectivity index (χ4v) is 8.72. The predicted octanol–water partition coefficient (Wildman–Crippen LogP) is 3.77. The number of allylic oxidation sites excluding steroid dienone is 3. The van der Waals surface area contributed by atoms with Crippen molar-refractivity contribution in [1.29, 1.82) is 0 Å². The van der Waals surface area contributed by atoms with Crippen molar-refractivity contribution in [2.45, 2.75) is 96.2 Å². The smallest absolute Gasteiger partial charge is 0.332 e. The summed E-state index contributed by atoms with van der Waals surface area (Å²) in [6.07, 6.45) is 8.37. The molecule has 8 heteroatoms. The van der Waals surface area contributed by atoms with Gasteiger partial charge in [0.1, 0.15) is 12.2 Å². The van der Waals surface area contributed by atoms with Crippen molar-refractivity contribution in [2.24, 2.45) is 22.7 Å². The Balaban J connectivity index is 1.36. The van der Waals surface area contributed by atoms with E-state index in [0.717, 1.165) is 31.3 Å². The Morgan fingerprint density at radius 2 is 1.89 bits per heavy atom. The van der Waals surface area contributed by atoms with Crippen LogP contribution in [-0.4, -0.2) is 54.0 Å². The lowest BCUT2D eigenvalue weighted by atomic mass is 9.47. The number of epoxide rings is 1. The van der Waals surface area contributed by atoms with Gasteiger partial charge in [-0.2, -0.15) is 0 Å². The predicted molar refractivity (Wildman–Crippen MR) is 126 cm³/mol. The molecule has 0 aromatic carbocycles. The van der Waals surface area contributed by atoms with Crippen LogP contribution in [0, 0.1) is 22.7 Å². The van der Waals surface area contributed by atoms with E-state index in [-0.39, 0.29) is 48.0 Å². The molecule has 7 atom stereocenters. The molecule has 0 N–H and O–H groups in total. The Bertz CT molecular complexity index is 1100. The molecule has 2 heterocycles. The van der Waals surface area contributed by atoms with Crippen LogP contribution in [0.4, 0.5) is 0 Å². The van der Waals surface area contributed by atoms with Gasteiger partial charge in [0.25, 0.3) is 0 Å². The van der Waals surface area contributed by atoms with Crippen LogP contribution in [0.3, 0.4) is 0 Å². The first-order chi connectivity index (χ1) is 16.9. The van der Waals surface area contributed by atoms with Gasteiger partial charge in [-0.15, -0.1) is 0 Å². The van der Waals surface area contributed by atoms with E-state index >= 15 is 0 Å². The quantitative estimate of drug-likeness (QED) is 0.396. The lowest BCUT2D eigenvalue weighted by Crippen LogP contribution is -2.61. The number of cyclic esters (lactones) is 1. The van der Waals surface area contributed by atoms with Gasteiger partial charge in [-0.3, -0.25) is 9.59 Å². The molecular formula is C28H36O8. The normalized spacial score (nSPS) is 47.0. The first-order valence-electron chi connectivity index (χ1n) is 13.2. The standard InChI is InChI=1S/C28H36O8/c1-16(29)34-21-12-17-6-7-19-18-8-9-27(10-11-32-23(31)15-33-24(2,3)36-27)26(18,5)14-22-28(19,35-22)25(17,4)13-20(21)30/h6,12,18-19,22H,7-11,13-15H2,1-5H3/t18-,19-,22-,25-,26-,27-,28+/m0/s1. The van der Waals surface area contributed by atoms with Gasteiger partial charge >= 0.3 is 11.9 Å². The second-order valence-corrected chi connectivity index (χ2v) is 12.5. The lowest BCUT2D eigenvalue weighted by molar-refractivity contribution is -0.295. The Labute approximate surface area is 211 Å². The molecule has 6 aliphatic rings. The highest BCUT2D eigenvalue weighted by molar-refractivity contribution is 5.98. The summed E-state index contributed by atoms with van der Waals surface area (Å²) >= 11 is 0. The van der Waals surface area contributed by atoms with E-state index in [4.69, 9.17) is 23.7 Å². The number of ether oxygens (including phenoxy) is 5. The van der Waals surface area contributed by atoms with Gasteiger partial charge in [0.2, 0.25) is 0 Å². The number of rotatable bonds is 1. The molecule has 4 aliphatic carbocycles. The van der Waals surface area contributed by atoms with E-state index in [2.05, 4.69) is 19.9 Å². The van der Waals surface area contributed by atoms with E-state index in [1.165, 1.54) is 6.92 Å². The fraction of sp³-hybridized carbons (Fsp3) is 0.750. The average Bonchev–Trinajstić information content (AvgIpc) is 3.42. The van der Waals surface area contributed by atoms with Crippen molar-refractivity contribution in [3.8, 4) is 0 Å². The van der Waals surface area contributed by atoms with Crippen LogP contribution in [0.15, 0.2) is 23.5 Å². The average molecular weight is 501 g/mol. The van der Waals surface area contributed by atoms with Crippen molar-refractivity contribution in [3.63, 3.8) is 0 Å². The second-order valence-electron chi connectivity index (χ2n) is 12.5. The number of esters is 2. The maximum Gasteiger partial charge on any atom is 0.332 e. The molecule has 2 saturated heterocycles. The summed E-state index contributed by atoms with van der Waals surface area (Å²) in [5, 5.41) is 0. The maximum absolute atomic E-state index is 13.1. The van der Waals surface area contributed by atoms with Crippen LogP contribution in [0.1, 0.15) is 73.1 Å². The van der Waals surface area contributed by atoms with Crippen LogP contribution >= 0.6 is 0 Å². The van der Waals surface area contributed by atoms with Crippen molar-refractivity contribution in [3.05, 3.63) is 23.5 Å². The van der Waals surface area contributed by atoms with E-state index in [1.807, 2.05) is 13.8 Å². The molecule has 0 aromatic rings. The van der Waals surface area contributed by atoms with Crippen molar-refractivity contribution in [2.75, 3.05) is 13.2 Å². The highest BCUT2D eigenvalue weighted by Gasteiger charge is 2.81. The molecule has 0 unspecified atom stereocenters. The fourth-order valence-electron chi connectivity index (χ4n) is 8.72. The summed E-state index contributed by atoms with van der Waals surface area (Å²) in [5.74, 6) is -1.21. The molecular weight excluding hydrogens is 464 g/mol. The number of ketones is 1. The molecule has 0 bridgehead atoms. The molecule has 4 fully saturated rings. The third-order valence-electron chi connectivity index (χ3n) is 10.3. The van der Waals surface area contributed by atoms with Gasteiger partial charge in [0, 0.05) is 30.6 Å². The first kappa shape index (κ1) is 24.3. The monoisotopic (exact) mass is 500 g/mol.